The maximum atomic E-state index is 12.5. The molecule has 0 saturated heterocycles. The molecule has 1 aromatic carbocycles. The van der Waals surface area contributed by atoms with Crippen LogP contribution < -0.4 is 32.3 Å². The minimum absolute atomic E-state index is 0.0106. The molecule has 2 aromatic heterocycles. The van der Waals surface area contributed by atoms with Gasteiger partial charge in [-0.05, 0) is 44.1 Å². The number of carbonyl (C=O) groups is 5. The van der Waals surface area contributed by atoms with E-state index in [0.717, 1.165) is 85.7 Å². The minimum Gasteiger partial charge on any atom is -0.382 e. The number of nitrogens with two attached hydrogens (primary N) is 1. The number of nitrogens with one attached hydrogen (secondary N) is 5. The molecule has 290 valence electrons. The van der Waals surface area contributed by atoms with E-state index in [2.05, 4.69) is 50.0 Å². The van der Waals surface area contributed by atoms with Crippen LogP contribution in [0.5, 0.6) is 0 Å². The molecule has 0 radical (unpaired) electrons. The van der Waals surface area contributed by atoms with Crippen LogP contribution in [-0.2, 0) is 36.9 Å². The number of hydrogen-bond acceptors (Lipinski definition) is 8. The van der Waals surface area contributed by atoms with Crippen molar-refractivity contribution < 1.29 is 24.0 Å². The number of aromatic nitrogens is 3. The van der Waals surface area contributed by atoms with Crippen LogP contribution in [0, 0.1) is 5.92 Å². The summed E-state index contributed by atoms with van der Waals surface area (Å²) in [5.41, 5.74) is 8.84. The topological polar surface area (TPSA) is 202 Å². The van der Waals surface area contributed by atoms with Gasteiger partial charge in [0, 0.05) is 43.8 Å². The number of fused-ring (bicyclic) bond motifs is 3. The van der Waals surface area contributed by atoms with Gasteiger partial charge in [0.05, 0.1) is 30.7 Å². The summed E-state index contributed by atoms with van der Waals surface area (Å²) in [6.07, 6.45) is 13.4. The average molecular weight is 734 g/mol. The molecule has 1 saturated carbocycles. The van der Waals surface area contributed by atoms with Crippen LogP contribution in [0.25, 0.3) is 21.9 Å². The van der Waals surface area contributed by atoms with Crippen molar-refractivity contribution in [3.63, 3.8) is 0 Å². The van der Waals surface area contributed by atoms with Crippen molar-refractivity contribution in [3.05, 3.63) is 30.1 Å². The molecule has 3 aromatic rings. The fraction of sp³-hybridized carbons (Fsp3) is 0.615. The van der Waals surface area contributed by atoms with Crippen molar-refractivity contribution in [2.45, 2.75) is 123 Å². The molecule has 7 N–H and O–H groups in total. The number of nitrogen functional groups attached to an aromatic ring is 1. The number of carbonyl (C=O) groups excluding carboxylic acids is 5. The Bertz CT molecular complexity index is 1690. The normalized spacial score (nSPS) is 16.5. The molecule has 5 amide bonds. The molecule has 0 aliphatic heterocycles. The third-order valence-electron chi connectivity index (χ3n) is 9.79. The van der Waals surface area contributed by atoms with Gasteiger partial charge in [0.2, 0.25) is 29.5 Å². The van der Waals surface area contributed by atoms with E-state index in [1.165, 1.54) is 32.1 Å². The fourth-order valence-corrected chi connectivity index (χ4v) is 6.90. The molecule has 53 heavy (non-hydrogen) atoms. The number of para-hydroxylation sites is 1. The Kier molecular flexibility index (Phi) is 16.8. The van der Waals surface area contributed by atoms with Crippen molar-refractivity contribution in [1.29, 1.82) is 0 Å². The lowest BCUT2D eigenvalue weighted by Gasteiger charge is -2.24. The summed E-state index contributed by atoms with van der Waals surface area (Å²) in [6.45, 7) is 4.76. The van der Waals surface area contributed by atoms with E-state index >= 15 is 0 Å². The van der Waals surface area contributed by atoms with Gasteiger partial charge < -0.3 is 36.9 Å². The number of hydrogen-bond donors (Lipinski definition) is 6. The molecule has 14 heteroatoms. The largest absolute Gasteiger partial charge is 0.382 e. The molecule has 4 rings (SSSR count). The molecular weight excluding hydrogens is 674 g/mol. The first kappa shape index (κ1) is 41.0. The third kappa shape index (κ3) is 13.6. The molecule has 1 aliphatic carbocycles. The Hall–Kier alpha value is -4.75. The van der Waals surface area contributed by atoms with Gasteiger partial charge in [-0.3, -0.25) is 24.0 Å². The van der Waals surface area contributed by atoms with E-state index in [9.17, 15) is 24.0 Å². The first-order valence-corrected chi connectivity index (χ1v) is 19.5. The van der Waals surface area contributed by atoms with E-state index in [-0.39, 0.29) is 50.3 Å². The van der Waals surface area contributed by atoms with Gasteiger partial charge in [0.25, 0.3) is 0 Å². The second-order valence-electron chi connectivity index (χ2n) is 14.3. The number of rotatable bonds is 18. The highest BCUT2D eigenvalue weighted by atomic mass is 16.2. The van der Waals surface area contributed by atoms with E-state index in [4.69, 9.17) is 10.7 Å². The lowest BCUT2D eigenvalue weighted by atomic mass is 9.90. The maximum Gasteiger partial charge on any atom is 0.239 e. The molecular formula is C39H59N9O5. The second-order valence-corrected chi connectivity index (χ2v) is 14.3. The maximum absolute atomic E-state index is 12.5. The summed E-state index contributed by atoms with van der Waals surface area (Å²) < 4.78 is 2.24. The van der Waals surface area contributed by atoms with Gasteiger partial charge in [-0.1, -0.05) is 77.0 Å². The molecule has 1 aliphatic rings. The van der Waals surface area contributed by atoms with E-state index in [1.807, 2.05) is 24.3 Å². The number of imidazole rings is 1. The van der Waals surface area contributed by atoms with Gasteiger partial charge in [0.1, 0.15) is 11.3 Å². The van der Waals surface area contributed by atoms with Crippen molar-refractivity contribution in [1.82, 2.24) is 41.1 Å². The Morgan fingerprint density at radius 2 is 1.42 bits per heavy atom. The summed E-state index contributed by atoms with van der Waals surface area (Å²) in [6, 6.07) is 8.02. The molecule has 1 fully saturated rings. The lowest BCUT2D eigenvalue weighted by molar-refractivity contribution is -0.129. The summed E-state index contributed by atoms with van der Waals surface area (Å²) in [4.78, 5) is 70.9. The zero-order chi connectivity index (χ0) is 38.0. The second kappa shape index (κ2) is 21.7. The zero-order valence-electron chi connectivity index (χ0n) is 31.6. The van der Waals surface area contributed by atoms with Gasteiger partial charge in [-0.2, -0.15) is 0 Å². The summed E-state index contributed by atoms with van der Waals surface area (Å²) >= 11 is 0. The van der Waals surface area contributed by atoms with Crippen LogP contribution in [0.4, 0.5) is 5.82 Å². The first-order chi connectivity index (χ1) is 25.6. The number of aryl methyl sites for hydroxylation is 2. The van der Waals surface area contributed by atoms with Crippen LogP contribution in [0.3, 0.4) is 0 Å². The van der Waals surface area contributed by atoms with E-state index in [0.29, 0.717) is 18.3 Å². The highest BCUT2D eigenvalue weighted by molar-refractivity contribution is 6.06. The Balaban J connectivity index is 1.08. The van der Waals surface area contributed by atoms with Crippen LogP contribution in [-0.4, -0.2) is 76.3 Å². The summed E-state index contributed by atoms with van der Waals surface area (Å²) in [7, 11) is 0. The number of benzene rings is 1. The SMILES string of the molecule is CCCCc1nc2c(N)nc3ccccc3c2n1CCCCNC(=O)CCC(=O)NCC(=O)NCC(=O)NCC(=O)NC1CCCCCCCC(C)C1. The number of nitrogens with zero attached hydrogens (tertiary/aromatic N) is 3. The lowest BCUT2D eigenvalue weighted by Crippen LogP contribution is -2.46. The molecule has 0 bridgehead atoms. The minimum atomic E-state index is -0.548. The monoisotopic (exact) mass is 733 g/mol. The van der Waals surface area contributed by atoms with E-state index < -0.39 is 17.7 Å². The van der Waals surface area contributed by atoms with Crippen molar-refractivity contribution >= 4 is 57.3 Å². The van der Waals surface area contributed by atoms with E-state index in [1.54, 1.807) is 0 Å². The van der Waals surface area contributed by atoms with Crippen molar-refractivity contribution in [2.24, 2.45) is 5.92 Å². The number of pyridine rings is 1. The molecule has 0 spiro atoms. The molecule has 2 unspecified atom stereocenters. The highest BCUT2D eigenvalue weighted by Gasteiger charge is 2.19. The quantitative estimate of drug-likeness (QED) is 0.106. The predicted octanol–water partition coefficient (Wildman–Crippen LogP) is 3.79. The number of amides is 5. The van der Waals surface area contributed by atoms with Gasteiger partial charge in [-0.25, -0.2) is 9.97 Å². The van der Waals surface area contributed by atoms with Crippen LogP contribution >= 0.6 is 0 Å². The number of anilines is 1. The Morgan fingerprint density at radius 3 is 2.15 bits per heavy atom. The predicted molar refractivity (Wildman–Crippen MR) is 207 cm³/mol. The Labute approximate surface area is 312 Å². The third-order valence-corrected chi connectivity index (χ3v) is 9.79. The summed E-state index contributed by atoms with van der Waals surface area (Å²) in [5, 5.41) is 14.4. The summed E-state index contributed by atoms with van der Waals surface area (Å²) in [5.74, 6) is -0.0304. The van der Waals surface area contributed by atoms with Gasteiger partial charge >= 0.3 is 0 Å². The molecule has 2 atom stereocenters. The molecule has 14 nitrogen and oxygen atoms in total. The van der Waals surface area contributed by atoms with Crippen molar-refractivity contribution in [3.8, 4) is 0 Å². The van der Waals surface area contributed by atoms with Crippen LogP contribution in [0.2, 0.25) is 0 Å². The Morgan fingerprint density at radius 1 is 0.774 bits per heavy atom. The average Bonchev–Trinajstić information content (AvgIpc) is 3.52. The van der Waals surface area contributed by atoms with Gasteiger partial charge in [-0.15, -0.1) is 0 Å². The first-order valence-electron chi connectivity index (χ1n) is 19.5. The standard InChI is InChI=1S/C39H59N9O5/c1-3-4-18-31-47-37-38(29-16-10-11-17-30(29)46-39(37)40)48(31)22-13-12-21-41-32(49)19-20-33(50)42-24-34(51)43-25-35(52)44-26-36(53)45-28-15-9-7-5-6-8-14-27(2)23-28/h10-11,16-17,27-28H,3-9,12-15,18-26H2,1-2H3,(H2,40,46)(H,41,49)(H,42,50)(H,43,51)(H,44,52)(H,45,53). The highest BCUT2D eigenvalue weighted by Crippen LogP contribution is 2.29. The van der Waals surface area contributed by atoms with Gasteiger partial charge in [0.15, 0.2) is 5.82 Å². The zero-order valence-corrected chi connectivity index (χ0v) is 31.6. The van der Waals surface area contributed by atoms with Crippen LogP contribution in [0.1, 0.15) is 110 Å². The smallest absolute Gasteiger partial charge is 0.239 e. The van der Waals surface area contributed by atoms with Crippen LogP contribution in [0.15, 0.2) is 24.3 Å². The number of unbranched alkanes of at least 4 members (excludes halogenated alkanes) is 2. The van der Waals surface area contributed by atoms with Crippen molar-refractivity contribution in [2.75, 3.05) is 31.9 Å². The molecule has 2 heterocycles. The fourth-order valence-electron chi connectivity index (χ4n) is 6.90.